The second-order valence-electron chi connectivity index (χ2n) is 5.92. The topological polar surface area (TPSA) is 40.5 Å². The Labute approximate surface area is 114 Å². The first kappa shape index (κ1) is 12.5. The molecule has 3 heteroatoms. The summed E-state index contributed by atoms with van der Waals surface area (Å²) in [6, 6.07) is 6.44. The largest absolute Gasteiger partial charge is 0.481 e. The summed E-state index contributed by atoms with van der Waals surface area (Å²) in [4.78, 5) is 13.5. The predicted molar refractivity (Wildman–Crippen MR) is 75.8 cm³/mol. The maximum Gasteiger partial charge on any atom is 0.303 e. The molecule has 0 aromatic heterocycles. The van der Waals surface area contributed by atoms with Crippen molar-refractivity contribution in [1.29, 1.82) is 0 Å². The lowest BCUT2D eigenvalue weighted by molar-refractivity contribution is -0.137. The Balaban J connectivity index is 2.00. The van der Waals surface area contributed by atoms with E-state index in [-0.39, 0.29) is 12.3 Å². The van der Waals surface area contributed by atoms with Gasteiger partial charge < -0.3 is 10.0 Å². The van der Waals surface area contributed by atoms with Gasteiger partial charge in [0, 0.05) is 19.3 Å². The van der Waals surface area contributed by atoms with Crippen LogP contribution in [0.2, 0.25) is 0 Å². The van der Waals surface area contributed by atoms with E-state index in [1.165, 1.54) is 36.1 Å². The molecule has 1 aliphatic carbocycles. The highest BCUT2D eigenvalue weighted by atomic mass is 16.4. The molecule has 19 heavy (non-hydrogen) atoms. The van der Waals surface area contributed by atoms with Gasteiger partial charge in [-0.15, -0.1) is 0 Å². The number of benzene rings is 1. The SMILES string of the molecule is CN1CCCc2cccc(C(CC(=O)O)C3CC3)c21. The van der Waals surface area contributed by atoms with Crippen LogP contribution in [0.4, 0.5) is 5.69 Å². The highest BCUT2D eigenvalue weighted by Crippen LogP contribution is 2.48. The molecule has 1 atom stereocenters. The van der Waals surface area contributed by atoms with Gasteiger partial charge in [0.15, 0.2) is 0 Å². The molecule has 0 saturated heterocycles. The van der Waals surface area contributed by atoms with Gasteiger partial charge in [0.1, 0.15) is 0 Å². The van der Waals surface area contributed by atoms with E-state index in [9.17, 15) is 9.90 Å². The van der Waals surface area contributed by atoms with Crippen molar-refractivity contribution in [1.82, 2.24) is 0 Å². The van der Waals surface area contributed by atoms with Gasteiger partial charge in [-0.05, 0) is 48.6 Å². The number of aryl methyl sites for hydroxylation is 1. The number of fused-ring (bicyclic) bond motifs is 1. The van der Waals surface area contributed by atoms with Crippen LogP contribution in [0.5, 0.6) is 0 Å². The minimum absolute atomic E-state index is 0.202. The number of hydrogen-bond acceptors (Lipinski definition) is 2. The first-order chi connectivity index (χ1) is 9.16. The van der Waals surface area contributed by atoms with Crippen molar-refractivity contribution in [3.8, 4) is 0 Å². The van der Waals surface area contributed by atoms with Gasteiger partial charge in [-0.25, -0.2) is 0 Å². The molecule has 3 rings (SSSR count). The number of carboxylic acids is 1. The Kier molecular flexibility index (Phi) is 3.21. The van der Waals surface area contributed by atoms with Gasteiger partial charge in [0.05, 0.1) is 6.42 Å². The highest BCUT2D eigenvalue weighted by Gasteiger charge is 2.36. The Morgan fingerprint density at radius 3 is 2.95 bits per heavy atom. The van der Waals surface area contributed by atoms with E-state index in [4.69, 9.17) is 0 Å². The Hall–Kier alpha value is -1.51. The molecule has 2 aliphatic rings. The van der Waals surface area contributed by atoms with Gasteiger partial charge in [-0.1, -0.05) is 18.2 Å². The van der Waals surface area contributed by atoms with E-state index in [2.05, 4.69) is 30.1 Å². The van der Waals surface area contributed by atoms with Gasteiger partial charge >= 0.3 is 5.97 Å². The number of nitrogens with zero attached hydrogens (tertiary/aromatic N) is 1. The molecule has 1 saturated carbocycles. The summed E-state index contributed by atoms with van der Waals surface area (Å²) >= 11 is 0. The Morgan fingerprint density at radius 1 is 1.47 bits per heavy atom. The fourth-order valence-corrected chi connectivity index (χ4v) is 3.41. The zero-order valence-electron chi connectivity index (χ0n) is 11.4. The molecular formula is C16H21NO2. The summed E-state index contributed by atoms with van der Waals surface area (Å²) in [5.41, 5.74) is 3.97. The molecule has 1 aliphatic heterocycles. The third kappa shape index (κ3) is 2.46. The van der Waals surface area contributed by atoms with Crippen molar-refractivity contribution < 1.29 is 9.90 Å². The molecule has 1 aromatic rings. The summed E-state index contributed by atoms with van der Waals surface area (Å²) < 4.78 is 0. The number of carboxylic acid groups (broad SMARTS) is 1. The lowest BCUT2D eigenvalue weighted by Crippen LogP contribution is -2.27. The van der Waals surface area contributed by atoms with Crippen molar-refractivity contribution in [2.75, 3.05) is 18.5 Å². The fraction of sp³-hybridized carbons (Fsp3) is 0.562. The maximum atomic E-state index is 11.2. The zero-order chi connectivity index (χ0) is 13.4. The van der Waals surface area contributed by atoms with Gasteiger partial charge in [-0.2, -0.15) is 0 Å². The maximum absolute atomic E-state index is 11.2. The molecule has 1 aromatic carbocycles. The third-order valence-corrected chi connectivity index (χ3v) is 4.46. The average Bonchev–Trinajstić information content (AvgIpc) is 3.20. The second kappa shape index (κ2) is 4.87. The van der Waals surface area contributed by atoms with Crippen LogP contribution in [-0.2, 0) is 11.2 Å². The van der Waals surface area contributed by atoms with Gasteiger partial charge in [0.2, 0.25) is 0 Å². The van der Waals surface area contributed by atoms with E-state index in [1.807, 2.05) is 0 Å². The molecule has 1 N–H and O–H groups in total. The van der Waals surface area contributed by atoms with Crippen molar-refractivity contribution in [3.05, 3.63) is 29.3 Å². The van der Waals surface area contributed by atoms with Crippen LogP contribution in [0.3, 0.4) is 0 Å². The number of hydrogen-bond donors (Lipinski definition) is 1. The van der Waals surface area contributed by atoms with Crippen LogP contribution in [-0.4, -0.2) is 24.7 Å². The lowest BCUT2D eigenvalue weighted by atomic mass is 9.86. The standard InChI is InChI=1S/C16H21NO2/c1-17-9-3-5-12-4-2-6-13(16(12)17)14(10-15(18)19)11-7-8-11/h2,4,6,11,14H,3,5,7-10H2,1H3,(H,18,19). The molecule has 3 nitrogen and oxygen atoms in total. The van der Waals surface area contributed by atoms with Crippen LogP contribution in [0.1, 0.15) is 42.7 Å². The van der Waals surface area contributed by atoms with E-state index < -0.39 is 5.97 Å². The van der Waals surface area contributed by atoms with E-state index >= 15 is 0 Å². The summed E-state index contributed by atoms with van der Waals surface area (Å²) in [6.45, 7) is 1.08. The van der Waals surface area contributed by atoms with Crippen molar-refractivity contribution >= 4 is 11.7 Å². The second-order valence-corrected chi connectivity index (χ2v) is 5.92. The van der Waals surface area contributed by atoms with Crippen molar-refractivity contribution in [2.24, 2.45) is 5.92 Å². The molecule has 0 bridgehead atoms. The molecule has 0 radical (unpaired) electrons. The van der Waals surface area contributed by atoms with E-state index in [1.54, 1.807) is 0 Å². The third-order valence-electron chi connectivity index (χ3n) is 4.46. The number of anilines is 1. The Morgan fingerprint density at radius 2 is 2.26 bits per heavy atom. The average molecular weight is 259 g/mol. The van der Waals surface area contributed by atoms with Crippen molar-refractivity contribution in [3.63, 3.8) is 0 Å². The molecule has 0 amide bonds. The van der Waals surface area contributed by atoms with Crippen molar-refractivity contribution in [2.45, 2.75) is 38.0 Å². The molecular weight excluding hydrogens is 238 g/mol. The van der Waals surface area contributed by atoms with Crippen LogP contribution in [0, 0.1) is 5.92 Å². The summed E-state index contributed by atoms with van der Waals surface area (Å²) in [5.74, 6) is 0.110. The minimum atomic E-state index is -0.673. The van der Waals surface area contributed by atoms with Crippen LogP contribution >= 0.6 is 0 Å². The number of rotatable bonds is 4. The predicted octanol–water partition coefficient (Wildman–Crippen LogP) is 3.04. The van der Waals surface area contributed by atoms with E-state index in [0.29, 0.717) is 5.92 Å². The number of aliphatic carboxylic acids is 1. The lowest BCUT2D eigenvalue weighted by Gasteiger charge is -2.32. The summed E-state index contributed by atoms with van der Waals surface area (Å²) in [7, 11) is 2.13. The molecule has 0 spiro atoms. The zero-order valence-corrected chi connectivity index (χ0v) is 11.4. The van der Waals surface area contributed by atoms with Gasteiger partial charge in [-0.3, -0.25) is 4.79 Å². The monoisotopic (exact) mass is 259 g/mol. The number of para-hydroxylation sites is 1. The summed E-state index contributed by atoms with van der Waals surface area (Å²) in [6.07, 6.45) is 4.96. The van der Waals surface area contributed by atoms with E-state index in [0.717, 1.165) is 13.0 Å². The normalized spacial score (nSPS) is 19.9. The molecule has 1 unspecified atom stereocenters. The fourth-order valence-electron chi connectivity index (χ4n) is 3.41. The molecule has 1 fully saturated rings. The first-order valence-electron chi connectivity index (χ1n) is 7.21. The Bertz CT molecular complexity index is 494. The van der Waals surface area contributed by atoms with Crippen LogP contribution < -0.4 is 4.90 Å². The smallest absolute Gasteiger partial charge is 0.303 e. The number of carbonyl (C=O) groups is 1. The quantitative estimate of drug-likeness (QED) is 0.903. The first-order valence-corrected chi connectivity index (χ1v) is 7.21. The van der Waals surface area contributed by atoms with Crippen LogP contribution in [0.25, 0.3) is 0 Å². The molecule has 1 heterocycles. The van der Waals surface area contributed by atoms with Crippen LogP contribution in [0.15, 0.2) is 18.2 Å². The minimum Gasteiger partial charge on any atom is -0.481 e. The molecule has 102 valence electrons. The van der Waals surface area contributed by atoms with Gasteiger partial charge in [0.25, 0.3) is 0 Å². The summed E-state index contributed by atoms with van der Waals surface area (Å²) in [5, 5.41) is 9.18. The highest BCUT2D eigenvalue weighted by molar-refractivity contribution is 5.70.